The molecule has 0 bridgehead atoms. The van der Waals surface area contributed by atoms with E-state index in [1.54, 1.807) is 19.2 Å². The molecule has 0 radical (unpaired) electrons. The van der Waals surface area contributed by atoms with Crippen LogP contribution in [-0.2, 0) is 16.2 Å². The Morgan fingerprint density at radius 2 is 2.10 bits per heavy atom. The maximum Gasteiger partial charge on any atom is 0.421 e. The fourth-order valence-corrected chi connectivity index (χ4v) is 1.89. The highest BCUT2D eigenvalue weighted by molar-refractivity contribution is 5.74. The lowest BCUT2D eigenvalue weighted by atomic mass is 10.3. The summed E-state index contributed by atoms with van der Waals surface area (Å²) in [5.74, 6) is 0.269. The molecule has 1 aromatic heterocycles. The van der Waals surface area contributed by atoms with E-state index in [1.165, 1.54) is 4.57 Å². The van der Waals surface area contributed by atoms with E-state index in [9.17, 15) is 4.79 Å². The van der Waals surface area contributed by atoms with Gasteiger partial charge in [0.2, 0.25) is 0 Å². The first-order valence-corrected chi connectivity index (χ1v) is 7.09. The van der Waals surface area contributed by atoms with Gasteiger partial charge in [0.1, 0.15) is 12.5 Å². The Bertz CT molecular complexity index is 616. The lowest BCUT2D eigenvalue weighted by Crippen LogP contribution is -2.17. The summed E-state index contributed by atoms with van der Waals surface area (Å²) in [5.41, 5.74) is 1.20. The topological polar surface area (TPSA) is 62.8 Å². The summed E-state index contributed by atoms with van der Waals surface area (Å²) in [4.78, 5) is 11.8. The van der Waals surface area contributed by atoms with Crippen LogP contribution >= 0.6 is 0 Å². The van der Waals surface area contributed by atoms with Crippen molar-refractivity contribution < 1.29 is 18.6 Å². The van der Waals surface area contributed by atoms with Gasteiger partial charge in [0, 0.05) is 13.2 Å². The molecule has 1 aromatic carbocycles. The highest BCUT2D eigenvalue weighted by Crippen LogP contribution is 2.20. The minimum absolute atomic E-state index is 0.144. The molecule has 2 aromatic rings. The predicted molar refractivity (Wildman–Crippen MR) is 78.7 cm³/mol. The molecular formula is C15H21NO5. The number of benzene rings is 1. The summed E-state index contributed by atoms with van der Waals surface area (Å²) in [5, 5.41) is 0. The van der Waals surface area contributed by atoms with Gasteiger partial charge in [-0.25, -0.2) is 9.36 Å². The monoisotopic (exact) mass is 295 g/mol. The third kappa shape index (κ3) is 4.09. The second-order valence-corrected chi connectivity index (χ2v) is 4.66. The minimum Gasteiger partial charge on any atom is -0.493 e. The molecule has 0 saturated carbocycles. The molecule has 21 heavy (non-hydrogen) atoms. The molecule has 6 nitrogen and oxygen atoms in total. The van der Waals surface area contributed by atoms with E-state index in [1.807, 2.05) is 6.07 Å². The molecule has 0 aliphatic rings. The number of fused-ring (bicyclic) bond motifs is 1. The molecule has 0 aliphatic carbocycles. The van der Waals surface area contributed by atoms with Crippen molar-refractivity contribution in [1.29, 1.82) is 0 Å². The number of oxazole rings is 1. The van der Waals surface area contributed by atoms with Gasteiger partial charge in [0.15, 0.2) is 5.58 Å². The number of unbranched alkanes of at least 4 members (excludes halogenated alkanes) is 1. The average Bonchev–Trinajstić information content (AvgIpc) is 2.79. The van der Waals surface area contributed by atoms with Crippen molar-refractivity contribution in [2.45, 2.75) is 26.5 Å². The zero-order chi connectivity index (χ0) is 15.1. The molecule has 0 aliphatic heterocycles. The number of hydrogen-bond acceptors (Lipinski definition) is 5. The smallest absolute Gasteiger partial charge is 0.421 e. The van der Waals surface area contributed by atoms with Crippen LogP contribution in [0.15, 0.2) is 27.4 Å². The molecule has 0 spiro atoms. The van der Waals surface area contributed by atoms with E-state index in [0.29, 0.717) is 36.7 Å². The van der Waals surface area contributed by atoms with E-state index in [4.69, 9.17) is 18.6 Å². The van der Waals surface area contributed by atoms with Crippen molar-refractivity contribution in [2.75, 3.05) is 26.9 Å². The van der Waals surface area contributed by atoms with E-state index in [2.05, 4.69) is 6.92 Å². The van der Waals surface area contributed by atoms with Gasteiger partial charge in [-0.3, -0.25) is 0 Å². The van der Waals surface area contributed by atoms with Crippen LogP contribution < -0.4 is 10.5 Å². The standard InChI is InChI=1S/C15H21NO5/c1-3-4-7-20-12-5-6-13-14(10-12)21-15(17)16(13)11-19-9-8-18-2/h5-6,10H,3-4,7-9,11H2,1-2H3. The maximum atomic E-state index is 11.8. The Hall–Kier alpha value is -1.79. The predicted octanol–water partition coefficient (Wildman–Crippen LogP) is 2.39. The Morgan fingerprint density at radius 1 is 1.24 bits per heavy atom. The number of hydrogen-bond donors (Lipinski definition) is 0. The maximum absolute atomic E-state index is 11.8. The fraction of sp³-hybridized carbons (Fsp3) is 0.533. The van der Waals surface area contributed by atoms with Gasteiger partial charge in [-0.2, -0.15) is 0 Å². The minimum atomic E-state index is -0.437. The van der Waals surface area contributed by atoms with Gasteiger partial charge in [0.25, 0.3) is 0 Å². The zero-order valence-corrected chi connectivity index (χ0v) is 12.5. The molecular weight excluding hydrogens is 274 g/mol. The van der Waals surface area contributed by atoms with E-state index < -0.39 is 5.76 Å². The molecule has 0 unspecified atom stereocenters. The van der Waals surface area contributed by atoms with Crippen LogP contribution in [0.4, 0.5) is 0 Å². The van der Waals surface area contributed by atoms with Crippen LogP contribution in [0, 0.1) is 0 Å². The van der Waals surface area contributed by atoms with Crippen molar-refractivity contribution in [3.8, 4) is 5.75 Å². The Balaban J connectivity index is 2.09. The van der Waals surface area contributed by atoms with Gasteiger partial charge in [0.05, 0.1) is 25.3 Å². The molecule has 0 amide bonds. The van der Waals surface area contributed by atoms with Crippen molar-refractivity contribution >= 4 is 11.1 Å². The Morgan fingerprint density at radius 3 is 2.86 bits per heavy atom. The molecule has 0 atom stereocenters. The van der Waals surface area contributed by atoms with E-state index >= 15 is 0 Å². The van der Waals surface area contributed by atoms with Crippen molar-refractivity contribution in [1.82, 2.24) is 4.57 Å². The van der Waals surface area contributed by atoms with Gasteiger partial charge in [-0.15, -0.1) is 0 Å². The van der Waals surface area contributed by atoms with Gasteiger partial charge < -0.3 is 18.6 Å². The fourth-order valence-electron chi connectivity index (χ4n) is 1.89. The zero-order valence-electron chi connectivity index (χ0n) is 12.5. The molecule has 6 heteroatoms. The van der Waals surface area contributed by atoms with E-state index in [-0.39, 0.29) is 6.73 Å². The van der Waals surface area contributed by atoms with Crippen molar-refractivity contribution in [3.63, 3.8) is 0 Å². The van der Waals surface area contributed by atoms with Crippen molar-refractivity contribution in [2.24, 2.45) is 0 Å². The first-order valence-electron chi connectivity index (χ1n) is 7.09. The number of rotatable bonds is 9. The lowest BCUT2D eigenvalue weighted by Gasteiger charge is -2.06. The number of ether oxygens (including phenoxy) is 3. The SMILES string of the molecule is CCCCOc1ccc2c(c1)oc(=O)n2COCCOC. The lowest BCUT2D eigenvalue weighted by molar-refractivity contribution is 0.0330. The van der Waals surface area contributed by atoms with Gasteiger partial charge >= 0.3 is 5.76 Å². The Labute approximate surface area is 123 Å². The molecule has 2 rings (SSSR count). The summed E-state index contributed by atoms with van der Waals surface area (Å²) in [7, 11) is 1.60. The summed E-state index contributed by atoms with van der Waals surface area (Å²) >= 11 is 0. The van der Waals surface area contributed by atoms with Crippen LogP contribution in [0.3, 0.4) is 0 Å². The normalized spacial score (nSPS) is 11.1. The second-order valence-electron chi connectivity index (χ2n) is 4.66. The molecule has 0 fully saturated rings. The summed E-state index contributed by atoms with van der Waals surface area (Å²) < 4.78 is 22.5. The number of nitrogens with zero attached hydrogens (tertiary/aromatic N) is 1. The first-order chi connectivity index (χ1) is 10.3. The Kier molecular flexibility index (Phi) is 5.83. The molecule has 1 heterocycles. The first kappa shape index (κ1) is 15.6. The summed E-state index contributed by atoms with van der Waals surface area (Å²) in [6.45, 7) is 3.82. The average molecular weight is 295 g/mol. The highest BCUT2D eigenvalue weighted by atomic mass is 16.5. The van der Waals surface area contributed by atoms with Crippen LogP contribution in [-0.4, -0.2) is 31.5 Å². The molecule has 116 valence electrons. The third-order valence-electron chi connectivity index (χ3n) is 3.06. The number of methoxy groups -OCH3 is 1. The molecule has 0 N–H and O–H groups in total. The number of aromatic nitrogens is 1. The highest BCUT2D eigenvalue weighted by Gasteiger charge is 2.10. The van der Waals surface area contributed by atoms with Crippen LogP contribution in [0.1, 0.15) is 19.8 Å². The summed E-state index contributed by atoms with van der Waals surface area (Å²) in [6.07, 6.45) is 2.07. The van der Waals surface area contributed by atoms with Crippen LogP contribution in [0.5, 0.6) is 5.75 Å². The van der Waals surface area contributed by atoms with E-state index in [0.717, 1.165) is 12.8 Å². The third-order valence-corrected chi connectivity index (χ3v) is 3.06. The van der Waals surface area contributed by atoms with Gasteiger partial charge in [-0.1, -0.05) is 13.3 Å². The van der Waals surface area contributed by atoms with Crippen LogP contribution in [0.2, 0.25) is 0 Å². The van der Waals surface area contributed by atoms with Crippen molar-refractivity contribution in [3.05, 3.63) is 28.7 Å². The summed E-state index contributed by atoms with van der Waals surface area (Å²) in [6, 6.07) is 5.37. The molecule has 0 saturated heterocycles. The second kappa shape index (κ2) is 7.85. The van der Waals surface area contributed by atoms with Gasteiger partial charge in [-0.05, 0) is 18.6 Å². The largest absolute Gasteiger partial charge is 0.493 e. The van der Waals surface area contributed by atoms with Crippen LogP contribution in [0.25, 0.3) is 11.1 Å². The quantitative estimate of drug-likeness (QED) is 0.665.